The summed E-state index contributed by atoms with van der Waals surface area (Å²) in [7, 11) is 1.36. The number of aromatic nitrogens is 3. The third kappa shape index (κ3) is 3.92. The number of benzene rings is 1. The van der Waals surface area contributed by atoms with Gasteiger partial charge in [-0.3, -0.25) is 0 Å². The SMILES string of the molecule is COC(=O)c1cccc(-c2nc(C)n(CCC(C)(C)N)n2)c1. The molecule has 1 aromatic carbocycles. The van der Waals surface area contributed by atoms with E-state index in [1.54, 1.807) is 18.2 Å². The molecule has 0 aliphatic carbocycles. The zero-order valence-electron chi connectivity index (χ0n) is 13.5. The average Bonchev–Trinajstić information content (AvgIpc) is 2.85. The number of carbonyl (C=O) groups excluding carboxylic acids is 1. The van der Waals surface area contributed by atoms with Gasteiger partial charge in [-0.1, -0.05) is 12.1 Å². The minimum Gasteiger partial charge on any atom is -0.465 e. The van der Waals surface area contributed by atoms with Crippen molar-refractivity contribution in [3.63, 3.8) is 0 Å². The van der Waals surface area contributed by atoms with Crippen LogP contribution >= 0.6 is 0 Å². The lowest BCUT2D eigenvalue weighted by Crippen LogP contribution is -2.33. The van der Waals surface area contributed by atoms with Gasteiger partial charge in [-0.15, -0.1) is 0 Å². The highest BCUT2D eigenvalue weighted by Gasteiger charge is 2.14. The molecule has 0 fully saturated rings. The molecule has 0 aliphatic heterocycles. The molecule has 0 aliphatic rings. The van der Waals surface area contributed by atoms with Gasteiger partial charge in [0.15, 0.2) is 5.82 Å². The maximum atomic E-state index is 11.6. The summed E-state index contributed by atoms with van der Waals surface area (Å²) in [6.07, 6.45) is 0.804. The van der Waals surface area contributed by atoms with Crippen molar-refractivity contribution >= 4 is 5.97 Å². The topological polar surface area (TPSA) is 83.0 Å². The van der Waals surface area contributed by atoms with E-state index in [-0.39, 0.29) is 11.5 Å². The van der Waals surface area contributed by atoms with Crippen molar-refractivity contribution in [1.82, 2.24) is 14.8 Å². The summed E-state index contributed by atoms with van der Waals surface area (Å²) in [4.78, 5) is 16.1. The van der Waals surface area contributed by atoms with Gasteiger partial charge in [-0.25, -0.2) is 14.5 Å². The van der Waals surface area contributed by atoms with Gasteiger partial charge in [0.2, 0.25) is 0 Å². The highest BCUT2D eigenvalue weighted by Crippen LogP contribution is 2.18. The third-order valence-corrected chi connectivity index (χ3v) is 3.37. The molecule has 1 aromatic heterocycles. The number of hydrogen-bond donors (Lipinski definition) is 1. The Balaban J connectivity index is 2.25. The maximum absolute atomic E-state index is 11.6. The maximum Gasteiger partial charge on any atom is 0.337 e. The summed E-state index contributed by atoms with van der Waals surface area (Å²) in [6, 6.07) is 7.10. The Bertz CT molecular complexity index is 671. The van der Waals surface area contributed by atoms with Crippen LogP contribution in [0.15, 0.2) is 24.3 Å². The van der Waals surface area contributed by atoms with E-state index < -0.39 is 0 Å². The number of nitrogens with zero attached hydrogens (tertiary/aromatic N) is 3. The zero-order chi connectivity index (χ0) is 16.3. The number of esters is 1. The van der Waals surface area contributed by atoms with E-state index in [0.29, 0.717) is 17.9 Å². The lowest BCUT2D eigenvalue weighted by Gasteiger charge is -2.17. The fourth-order valence-corrected chi connectivity index (χ4v) is 2.05. The first kappa shape index (κ1) is 16.2. The second kappa shape index (κ2) is 6.27. The monoisotopic (exact) mass is 302 g/mol. The summed E-state index contributed by atoms with van der Waals surface area (Å²) in [5.41, 5.74) is 7.03. The van der Waals surface area contributed by atoms with Crippen molar-refractivity contribution in [3.05, 3.63) is 35.7 Å². The van der Waals surface area contributed by atoms with Gasteiger partial charge in [-0.2, -0.15) is 5.10 Å². The van der Waals surface area contributed by atoms with Crippen LogP contribution in [0.25, 0.3) is 11.4 Å². The normalized spacial score (nSPS) is 11.5. The van der Waals surface area contributed by atoms with Crippen LogP contribution in [0.2, 0.25) is 0 Å². The first-order valence-electron chi connectivity index (χ1n) is 7.19. The molecule has 6 nitrogen and oxygen atoms in total. The van der Waals surface area contributed by atoms with Gasteiger partial charge in [0.25, 0.3) is 0 Å². The molecule has 0 bridgehead atoms. The van der Waals surface area contributed by atoms with Crippen LogP contribution in [0, 0.1) is 6.92 Å². The van der Waals surface area contributed by atoms with Crippen molar-refractivity contribution in [2.45, 2.75) is 39.3 Å². The second-order valence-electron chi connectivity index (χ2n) is 6.02. The van der Waals surface area contributed by atoms with Gasteiger partial charge in [0, 0.05) is 17.6 Å². The highest BCUT2D eigenvalue weighted by molar-refractivity contribution is 5.90. The molecule has 0 unspecified atom stereocenters. The fraction of sp³-hybridized carbons (Fsp3) is 0.438. The Morgan fingerprint density at radius 3 is 2.77 bits per heavy atom. The average molecular weight is 302 g/mol. The molecular weight excluding hydrogens is 280 g/mol. The Kier molecular flexibility index (Phi) is 4.61. The van der Waals surface area contributed by atoms with E-state index in [2.05, 4.69) is 10.1 Å². The second-order valence-corrected chi connectivity index (χ2v) is 6.02. The largest absolute Gasteiger partial charge is 0.465 e. The molecule has 0 atom stereocenters. The van der Waals surface area contributed by atoms with Crippen LogP contribution in [0.5, 0.6) is 0 Å². The van der Waals surface area contributed by atoms with Gasteiger partial charge in [-0.05, 0) is 39.3 Å². The summed E-state index contributed by atoms with van der Waals surface area (Å²) in [6.45, 7) is 6.59. The smallest absolute Gasteiger partial charge is 0.337 e. The van der Waals surface area contributed by atoms with Crippen molar-refractivity contribution in [1.29, 1.82) is 0 Å². The first-order valence-corrected chi connectivity index (χ1v) is 7.19. The van der Waals surface area contributed by atoms with Gasteiger partial charge in [0.05, 0.1) is 12.7 Å². The van der Waals surface area contributed by atoms with Gasteiger partial charge >= 0.3 is 5.97 Å². The first-order chi connectivity index (χ1) is 10.3. The van der Waals surface area contributed by atoms with Crippen LogP contribution in [-0.4, -0.2) is 33.4 Å². The minimum absolute atomic E-state index is 0.247. The predicted molar refractivity (Wildman–Crippen MR) is 84.4 cm³/mol. The van der Waals surface area contributed by atoms with E-state index in [1.165, 1.54) is 7.11 Å². The summed E-state index contributed by atoms with van der Waals surface area (Å²) < 4.78 is 6.58. The van der Waals surface area contributed by atoms with E-state index in [4.69, 9.17) is 10.5 Å². The molecule has 6 heteroatoms. The Labute approximate surface area is 130 Å². The quantitative estimate of drug-likeness (QED) is 0.856. The number of ether oxygens (including phenoxy) is 1. The van der Waals surface area contributed by atoms with Gasteiger partial charge in [0.1, 0.15) is 5.82 Å². The molecule has 2 rings (SSSR count). The van der Waals surface area contributed by atoms with E-state index in [9.17, 15) is 4.79 Å². The standard InChI is InChI=1S/C16H22N4O2/c1-11-18-14(19-20(11)9-8-16(2,3)17)12-6-5-7-13(10-12)15(21)22-4/h5-7,10H,8-9,17H2,1-4H3. The molecule has 2 aromatic rings. The Hall–Kier alpha value is -2.21. The van der Waals surface area contributed by atoms with Crippen LogP contribution in [0.4, 0.5) is 0 Å². The molecule has 0 radical (unpaired) electrons. The molecule has 0 amide bonds. The molecule has 0 saturated heterocycles. The Morgan fingerprint density at radius 2 is 2.14 bits per heavy atom. The summed E-state index contributed by atoms with van der Waals surface area (Å²) in [5.74, 6) is 1.05. The van der Waals surface area contributed by atoms with Crippen LogP contribution in [-0.2, 0) is 11.3 Å². The van der Waals surface area contributed by atoms with Crippen molar-refractivity contribution in [2.75, 3.05) is 7.11 Å². The molecule has 0 saturated carbocycles. The number of hydrogen-bond acceptors (Lipinski definition) is 5. The van der Waals surface area contributed by atoms with Crippen LogP contribution in [0.3, 0.4) is 0 Å². The summed E-state index contributed by atoms with van der Waals surface area (Å²) >= 11 is 0. The third-order valence-electron chi connectivity index (χ3n) is 3.37. The minimum atomic E-state index is -0.372. The van der Waals surface area contributed by atoms with Crippen molar-refractivity contribution in [3.8, 4) is 11.4 Å². The predicted octanol–water partition coefficient (Wildman–Crippen LogP) is 2.17. The number of methoxy groups -OCH3 is 1. The number of rotatable bonds is 5. The molecule has 118 valence electrons. The van der Waals surface area contributed by atoms with E-state index >= 15 is 0 Å². The zero-order valence-corrected chi connectivity index (χ0v) is 13.5. The fourth-order valence-electron chi connectivity index (χ4n) is 2.05. The molecule has 0 spiro atoms. The molecule has 2 N–H and O–H groups in total. The molecule has 1 heterocycles. The Morgan fingerprint density at radius 1 is 1.41 bits per heavy atom. The number of carbonyl (C=O) groups is 1. The van der Waals surface area contributed by atoms with Gasteiger partial charge < -0.3 is 10.5 Å². The number of nitrogens with two attached hydrogens (primary N) is 1. The van der Waals surface area contributed by atoms with Crippen molar-refractivity contribution in [2.24, 2.45) is 5.73 Å². The lowest BCUT2D eigenvalue weighted by atomic mass is 10.0. The van der Waals surface area contributed by atoms with E-state index in [0.717, 1.165) is 17.8 Å². The van der Waals surface area contributed by atoms with Crippen LogP contribution in [0.1, 0.15) is 36.5 Å². The number of aryl methyl sites for hydroxylation is 2. The lowest BCUT2D eigenvalue weighted by molar-refractivity contribution is 0.0601. The highest BCUT2D eigenvalue weighted by atomic mass is 16.5. The van der Waals surface area contributed by atoms with Crippen molar-refractivity contribution < 1.29 is 9.53 Å². The van der Waals surface area contributed by atoms with E-state index in [1.807, 2.05) is 31.5 Å². The molecule has 22 heavy (non-hydrogen) atoms. The van der Waals surface area contributed by atoms with Crippen LogP contribution < -0.4 is 5.73 Å². The molecular formula is C16H22N4O2. The summed E-state index contributed by atoms with van der Waals surface area (Å²) in [5, 5.41) is 4.51.